The Morgan fingerprint density at radius 3 is 2.75 bits per heavy atom. The van der Waals surface area contributed by atoms with E-state index in [-0.39, 0.29) is 0 Å². The number of pyridine rings is 1. The standard InChI is InChI=1S/C17H17N3/c1-12-4-2-3-5-14(12)11-19-17-9-6-13-10-15(18)7-8-16(13)20-17/h2-10H,11,18H2,1H3,(H,19,20). The summed E-state index contributed by atoms with van der Waals surface area (Å²) in [5.41, 5.74) is 10.1. The average molecular weight is 263 g/mol. The van der Waals surface area contributed by atoms with Gasteiger partial charge in [0.05, 0.1) is 5.52 Å². The fraction of sp³-hybridized carbons (Fsp3) is 0.118. The fourth-order valence-electron chi connectivity index (χ4n) is 2.24. The largest absolute Gasteiger partial charge is 0.399 e. The molecule has 0 fully saturated rings. The molecule has 1 heterocycles. The zero-order valence-electron chi connectivity index (χ0n) is 11.4. The molecule has 20 heavy (non-hydrogen) atoms. The van der Waals surface area contributed by atoms with Crippen molar-refractivity contribution in [2.24, 2.45) is 0 Å². The van der Waals surface area contributed by atoms with Crippen molar-refractivity contribution >= 4 is 22.4 Å². The van der Waals surface area contributed by atoms with E-state index >= 15 is 0 Å². The van der Waals surface area contributed by atoms with Gasteiger partial charge in [0.15, 0.2) is 0 Å². The van der Waals surface area contributed by atoms with Crippen molar-refractivity contribution in [3.63, 3.8) is 0 Å². The van der Waals surface area contributed by atoms with Crippen LogP contribution in [0.5, 0.6) is 0 Å². The van der Waals surface area contributed by atoms with Crippen LogP contribution in [0.15, 0.2) is 54.6 Å². The lowest BCUT2D eigenvalue weighted by molar-refractivity contribution is 1.10. The molecule has 0 aliphatic carbocycles. The Kier molecular flexibility index (Phi) is 3.25. The summed E-state index contributed by atoms with van der Waals surface area (Å²) in [5, 5.41) is 4.43. The second-order valence-electron chi connectivity index (χ2n) is 4.93. The van der Waals surface area contributed by atoms with Crippen LogP contribution < -0.4 is 11.1 Å². The van der Waals surface area contributed by atoms with Crippen molar-refractivity contribution in [3.8, 4) is 0 Å². The van der Waals surface area contributed by atoms with E-state index < -0.39 is 0 Å². The minimum atomic E-state index is 0.764. The van der Waals surface area contributed by atoms with Gasteiger partial charge < -0.3 is 11.1 Å². The van der Waals surface area contributed by atoms with Crippen molar-refractivity contribution in [2.45, 2.75) is 13.5 Å². The first kappa shape index (κ1) is 12.5. The highest BCUT2D eigenvalue weighted by Gasteiger charge is 2.00. The first-order valence-electron chi connectivity index (χ1n) is 6.67. The average Bonchev–Trinajstić information content (AvgIpc) is 2.46. The molecule has 3 N–H and O–H groups in total. The number of hydrogen-bond acceptors (Lipinski definition) is 3. The number of aryl methyl sites for hydroxylation is 1. The predicted octanol–water partition coefficient (Wildman–Crippen LogP) is 3.74. The maximum Gasteiger partial charge on any atom is 0.126 e. The van der Waals surface area contributed by atoms with Crippen LogP contribution in [-0.4, -0.2) is 4.98 Å². The van der Waals surface area contributed by atoms with Gasteiger partial charge in [0.25, 0.3) is 0 Å². The van der Waals surface area contributed by atoms with Gasteiger partial charge in [0.1, 0.15) is 5.82 Å². The second kappa shape index (κ2) is 5.21. The van der Waals surface area contributed by atoms with Gasteiger partial charge in [-0.25, -0.2) is 4.98 Å². The Balaban J connectivity index is 1.81. The van der Waals surface area contributed by atoms with Crippen LogP contribution in [0.3, 0.4) is 0 Å². The molecule has 0 aliphatic rings. The molecule has 100 valence electrons. The zero-order chi connectivity index (χ0) is 13.9. The van der Waals surface area contributed by atoms with Crippen LogP contribution in [0.2, 0.25) is 0 Å². The van der Waals surface area contributed by atoms with E-state index in [9.17, 15) is 0 Å². The molecule has 3 rings (SSSR count). The fourth-order valence-corrected chi connectivity index (χ4v) is 2.24. The van der Waals surface area contributed by atoms with Gasteiger partial charge in [-0.05, 0) is 48.4 Å². The molecule has 2 aromatic carbocycles. The summed E-state index contributed by atoms with van der Waals surface area (Å²) in [7, 11) is 0. The Labute approximate surface area is 118 Å². The number of nitrogens with one attached hydrogen (secondary N) is 1. The van der Waals surface area contributed by atoms with E-state index in [4.69, 9.17) is 5.73 Å². The van der Waals surface area contributed by atoms with E-state index in [1.807, 2.05) is 30.3 Å². The molecule has 0 unspecified atom stereocenters. The smallest absolute Gasteiger partial charge is 0.126 e. The van der Waals surface area contributed by atoms with Gasteiger partial charge in [-0.15, -0.1) is 0 Å². The van der Waals surface area contributed by atoms with Crippen molar-refractivity contribution in [2.75, 3.05) is 11.1 Å². The van der Waals surface area contributed by atoms with Gasteiger partial charge in [-0.1, -0.05) is 24.3 Å². The lowest BCUT2D eigenvalue weighted by atomic mass is 10.1. The quantitative estimate of drug-likeness (QED) is 0.708. The molecule has 0 spiro atoms. The number of fused-ring (bicyclic) bond motifs is 1. The van der Waals surface area contributed by atoms with E-state index in [1.165, 1.54) is 11.1 Å². The summed E-state index contributed by atoms with van der Waals surface area (Å²) >= 11 is 0. The Morgan fingerprint density at radius 2 is 1.90 bits per heavy atom. The number of aromatic nitrogens is 1. The number of nitrogens with zero attached hydrogens (tertiary/aromatic N) is 1. The number of hydrogen-bond donors (Lipinski definition) is 2. The monoisotopic (exact) mass is 263 g/mol. The second-order valence-corrected chi connectivity index (χ2v) is 4.93. The predicted molar refractivity (Wildman–Crippen MR) is 84.7 cm³/mol. The van der Waals surface area contributed by atoms with E-state index in [1.54, 1.807) is 0 Å². The van der Waals surface area contributed by atoms with Crippen molar-refractivity contribution in [3.05, 3.63) is 65.7 Å². The molecule has 0 atom stereocenters. The van der Waals surface area contributed by atoms with Crippen LogP contribution in [-0.2, 0) is 6.54 Å². The Morgan fingerprint density at radius 1 is 1.05 bits per heavy atom. The third-order valence-corrected chi connectivity index (χ3v) is 3.43. The molecular formula is C17H17N3. The SMILES string of the molecule is Cc1ccccc1CNc1ccc2cc(N)ccc2n1. The van der Waals surface area contributed by atoms with Crippen LogP contribution in [0.4, 0.5) is 11.5 Å². The van der Waals surface area contributed by atoms with Crippen LogP contribution in [0.25, 0.3) is 10.9 Å². The van der Waals surface area contributed by atoms with Crippen LogP contribution in [0.1, 0.15) is 11.1 Å². The number of nitrogen functional groups attached to an aromatic ring is 1. The minimum Gasteiger partial charge on any atom is -0.399 e. The highest BCUT2D eigenvalue weighted by molar-refractivity contribution is 5.83. The van der Waals surface area contributed by atoms with E-state index in [2.05, 4.69) is 41.5 Å². The summed E-state index contributed by atoms with van der Waals surface area (Å²) in [6.45, 7) is 2.90. The first-order chi connectivity index (χ1) is 9.72. The maximum atomic E-state index is 5.77. The molecule has 0 amide bonds. The summed E-state index contributed by atoms with van der Waals surface area (Å²) in [4.78, 5) is 4.59. The topological polar surface area (TPSA) is 50.9 Å². The third-order valence-electron chi connectivity index (χ3n) is 3.43. The molecule has 3 aromatic rings. The summed E-state index contributed by atoms with van der Waals surface area (Å²) in [6, 6.07) is 18.1. The number of benzene rings is 2. The highest BCUT2D eigenvalue weighted by Crippen LogP contribution is 2.18. The van der Waals surface area contributed by atoms with Gasteiger partial charge in [-0.3, -0.25) is 0 Å². The highest BCUT2D eigenvalue weighted by atomic mass is 15.0. The molecule has 1 aromatic heterocycles. The summed E-state index contributed by atoms with van der Waals surface area (Å²) in [5.74, 6) is 0.880. The minimum absolute atomic E-state index is 0.764. The number of rotatable bonds is 3. The van der Waals surface area contributed by atoms with Gasteiger partial charge >= 0.3 is 0 Å². The van der Waals surface area contributed by atoms with Gasteiger partial charge in [0, 0.05) is 17.6 Å². The molecule has 0 aliphatic heterocycles. The van der Waals surface area contributed by atoms with Crippen LogP contribution >= 0.6 is 0 Å². The van der Waals surface area contributed by atoms with Crippen LogP contribution in [0, 0.1) is 6.92 Å². The normalized spacial score (nSPS) is 10.7. The molecule has 3 nitrogen and oxygen atoms in total. The molecule has 3 heteroatoms. The molecule has 0 radical (unpaired) electrons. The lowest BCUT2D eigenvalue weighted by Gasteiger charge is -2.09. The Bertz CT molecular complexity index is 750. The molecule has 0 bridgehead atoms. The number of nitrogens with two attached hydrogens (primary N) is 1. The molecule has 0 saturated heterocycles. The van der Waals surface area contributed by atoms with Gasteiger partial charge in [-0.2, -0.15) is 0 Å². The number of anilines is 2. The summed E-state index contributed by atoms with van der Waals surface area (Å²) < 4.78 is 0. The van der Waals surface area contributed by atoms with Crippen molar-refractivity contribution in [1.29, 1.82) is 0 Å². The maximum absolute atomic E-state index is 5.77. The summed E-state index contributed by atoms with van der Waals surface area (Å²) in [6.07, 6.45) is 0. The zero-order valence-corrected chi connectivity index (χ0v) is 11.4. The Hall–Kier alpha value is -2.55. The van der Waals surface area contributed by atoms with E-state index in [0.717, 1.165) is 29.0 Å². The molecular weight excluding hydrogens is 246 g/mol. The molecule has 0 saturated carbocycles. The van der Waals surface area contributed by atoms with E-state index in [0.29, 0.717) is 0 Å². The lowest BCUT2D eigenvalue weighted by Crippen LogP contribution is -2.02. The first-order valence-corrected chi connectivity index (χ1v) is 6.67. The van der Waals surface area contributed by atoms with Gasteiger partial charge in [0.2, 0.25) is 0 Å². The van der Waals surface area contributed by atoms with Crippen molar-refractivity contribution < 1.29 is 0 Å². The van der Waals surface area contributed by atoms with Crippen molar-refractivity contribution in [1.82, 2.24) is 4.98 Å². The third kappa shape index (κ3) is 2.57.